The van der Waals surface area contributed by atoms with Crippen LogP contribution in [0.4, 0.5) is 0 Å². The van der Waals surface area contributed by atoms with Crippen molar-refractivity contribution in [3.05, 3.63) is 91.0 Å². The maximum absolute atomic E-state index is 13.1. The van der Waals surface area contributed by atoms with E-state index in [1.165, 1.54) is 27.7 Å². The first-order chi connectivity index (χ1) is 12.5. The fourth-order valence-corrected chi connectivity index (χ4v) is 14.1. The van der Waals surface area contributed by atoms with E-state index in [0.29, 0.717) is 0 Å². The van der Waals surface area contributed by atoms with E-state index in [1.807, 2.05) is 24.5 Å². The Kier molecular flexibility index (Phi) is 5.91. The number of hydrogen-bond donors (Lipinski definition) is 0. The first-order valence-corrected chi connectivity index (χ1v) is 14.8. The standard InChI is InChI=1S/C22H22IOPS/c1-18(22(24)26-2)25(23,19-12-6-3-7-13-19,20-14-8-4-9-15-20)21-16-10-5-11-17-21/h3-18H,1-2H3. The predicted octanol–water partition coefficient (Wildman–Crippen LogP) is 5.14. The van der Waals surface area contributed by atoms with Crippen molar-refractivity contribution in [2.75, 3.05) is 6.26 Å². The second-order valence-corrected chi connectivity index (χ2v) is 17.6. The van der Waals surface area contributed by atoms with Gasteiger partial charge in [0.15, 0.2) is 0 Å². The SMILES string of the molecule is CSC(=O)C(C)P(I)(c1ccccc1)(c1ccccc1)c1ccccc1. The van der Waals surface area contributed by atoms with Gasteiger partial charge in [0.05, 0.1) is 0 Å². The molecule has 0 amide bonds. The van der Waals surface area contributed by atoms with E-state index in [9.17, 15) is 4.79 Å². The van der Waals surface area contributed by atoms with Crippen molar-refractivity contribution in [2.45, 2.75) is 12.6 Å². The Morgan fingerprint density at radius 3 is 1.35 bits per heavy atom. The summed E-state index contributed by atoms with van der Waals surface area (Å²) in [4.78, 5) is 13.1. The summed E-state index contributed by atoms with van der Waals surface area (Å²) in [6.07, 6.45) is 1.89. The minimum absolute atomic E-state index is 0.135. The molecule has 0 bridgehead atoms. The summed E-state index contributed by atoms with van der Waals surface area (Å²) in [5.74, 6) is 0. The quantitative estimate of drug-likeness (QED) is 0.362. The molecule has 0 fully saturated rings. The van der Waals surface area contributed by atoms with Crippen molar-refractivity contribution in [1.29, 1.82) is 0 Å². The molecule has 0 spiro atoms. The molecule has 0 aliphatic rings. The third kappa shape index (κ3) is 2.94. The summed E-state index contributed by atoms with van der Waals surface area (Å²) in [6.45, 7) is 2.11. The number of carbonyl (C=O) groups excluding carboxylic acids is 1. The van der Waals surface area contributed by atoms with Crippen LogP contribution in [0.3, 0.4) is 0 Å². The average Bonchev–Trinajstić information content (AvgIpc) is 2.74. The molecule has 134 valence electrons. The Bertz CT molecular complexity index is 784. The second kappa shape index (κ2) is 7.84. The van der Waals surface area contributed by atoms with E-state index in [0.717, 1.165) is 0 Å². The molecule has 1 atom stereocenters. The molecule has 0 heterocycles. The average molecular weight is 492 g/mol. The number of rotatable bonds is 5. The number of benzene rings is 3. The van der Waals surface area contributed by atoms with E-state index >= 15 is 0 Å². The first kappa shape index (κ1) is 19.6. The molecule has 0 N–H and O–H groups in total. The van der Waals surface area contributed by atoms with Crippen molar-refractivity contribution < 1.29 is 4.79 Å². The molecule has 0 radical (unpaired) electrons. The zero-order valence-corrected chi connectivity index (χ0v) is 18.7. The molecule has 3 aromatic carbocycles. The Balaban J connectivity index is 2.50. The van der Waals surface area contributed by atoms with Crippen LogP contribution in [0.15, 0.2) is 91.0 Å². The number of hydrogen-bond acceptors (Lipinski definition) is 2. The van der Waals surface area contributed by atoms with Crippen LogP contribution < -0.4 is 15.9 Å². The van der Waals surface area contributed by atoms with Crippen LogP contribution in [0.5, 0.6) is 0 Å². The van der Waals surface area contributed by atoms with Crippen LogP contribution in [0.1, 0.15) is 6.92 Å². The maximum atomic E-state index is 13.1. The van der Waals surface area contributed by atoms with Gasteiger partial charge in [-0.05, 0) is 0 Å². The predicted molar refractivity (Wildman–Crippen MR) is 127 cm³/mol. The summed E-state index contributed by atoms with van der Waals surface area (Å²) in [5, 5.41) is 3.96. The summed E-state index contributed by atoms with van der Waals surface area (Å²) >= 11 is 4.00. The van der Waals surface area contributed by atoms with E-state index in [-0.39, 0.29) is 10.8 Å². The third-order valence-corrected chi connectivity index (χ3v) is 19.1. The topological polar surface area (TPSA) is 17.1 Å². The normalized spacial score (nSPS) is 14.2. The van der Waals surface area contributed by atoms with Gasteiger partial charge in [0.25, 0.3) is 0 Å². The van der Waals surface area contributed by atoms with Crippen LogP contribution in [-0.2, 0) is 4.79 Å². The number of thioether (sulfide) groups is 1. The monoisotopic (exact) mass is 492 g/mol. The van der Waals surface area contributed by atoms with Gasteiger partial charge in [0, 0.05) is 0 Å². The molecule has 0 saturated heterocycles. The molecule has 4 heteroatoms. The zero-order chi connectivity index (χ0) is 18.6. The molecule has 1 unspecified atom stereocenters. The number of halogens is 1. The van der Waals surface area contributed by atoms with Gasteiger partial charge < -0.3 is 0 Å². The van der Waals surface area contributed by atoms with Gasteiger partial charge in [-0.15, -0.1) is 0 Å². The van der Waals surface area contributed by atoms with Gasteiger partial charge in [-0.1, -0.05) is 0 Å². The molecule has 0 aliphatic carbocycles. The zero-order valence-electron chi connectivity index (χ0n) is 14.9. The fourth-order valence-electron chi connectivity index (χ4n) is 3.64. The Morgan fingerprint density at radius 1 is 0.769 bits per heavy atom. The van der Waals surface area contributed by atoms with E-state index in [2.05, 4.69) is 102 Å². The summed E-state index contributed by atoms with van der Waals surface area (Å²) in [7, 11) is 0. The second-order valence-electron chi connectivity index (χ2n) is 6.28. The molecule has 1 nitrogen and oxygen atoms in total. The third-order valence-electron chi connectivity index (χ3n) is 5.05. The van der Waals surface area contributed by atoms with Crippen LogP contribution in [0, 0.1) is 0 Å². The van der Waals surface area contributed by atoms with Gasteiger partial charge in [-0.2, -0.15) is 0 Å². The van der Waals surface area contributed by atoms with E-state index in [4.69, 9.17) is 0 Å². The molecule has 0 aliphatic heterocycles. The molecular weight excluding hydrogens is 470 g/mol. The molecule has 0 aromatic heterocycles. The molecule has 3 rings (SSSR count). The molecule has 26 heavy (non-hydrogen) atoms. The Labute approximate surface area is 173 Å². The van der Waals surface area contributed by atoms with Gasteiger partial charge in [0.2, 0.25) is 0 Å². The van der Waals surface area contributed by atoms with E-state index < -0.39 is 4.25 Å². The fraction of sp³-hybridized carbons (Fsp3) is 0.136. The van der Waals surface area contributed by atoms with Crippen molar-refractivity contribution in [3.8, 4) is 0 Å². The van der Waals surface area contributed by atoms with Gasteiger partial charge in [-0.25, -0.2) is 0 Å². The summed E-state index contributed by atoms with van der Waals surface area (Å²) in [5.41, 5.74) is -0.135. The van der Waals surface area contributed by atoms with Crippen LogP contribution >= 0.6 is 38.0 Å². The van der Waals surface area contributed by atoms with Crippen molar-refractivity contribution >= 4 is 59.1 Å². The van der Waals surface area contributed by atoms with E-state index in [1.54, 1.807) is 0 Å². The van der Waals surface area contributed by atoms with Crippen molar-refractivity contribution in [2.24, 2.45) is 0 Å². The molecule has 0 saturated carbocycles. The van der Waals surface area contributed by atoms with Crippen LogP contribution in [0.25, 0.3) is 0 Å². The van der Waals surface area contributed by atoms with Crippen LogP contribution in [0.2, 0.25) is 0 Å². The Morgan fingerprint density at radius 2 is 1.08 bits per heavy atom. The minimum atomic E-state index is -3.03. The van der Waals surface area contributed by atoms with Crippen molar-refractivity contribution in [3.63, 3.8) is 0 Å². The first-order valence-electron chi connectivity index (χ1n) is 8.51. The molecule has 3 aromatic rings. The van der Waals surface area contributed by atoms with Crippen LogP contribution in [-0.4, -0.2) is 17.0 Å². The molecular formula is C22H22IOPS. The van der Waals surface area contributed by atoms with Gasteiger partial charge >= 0.3 is 174 Å². The summed E-state index contributed by atoms with van der Waals surface area (Å²) in [6, 6.07) is 31.7. The Hall–Kier alpha value is -1.16. The van der Waals surface area contributed by atoms with Crippen molar-refractivity contribution in [1.82, 2.24) is 0 Å². The van der Waals surface area contributed by atoms with Gasteiger partial charge in [-0.3, -0.25) is 0 Å². The summed E-state index contributed by atoms with van der Waals surface area (Å²) < 4.78 is -3.03. The number of carbonyl (C=O) groups is 1. The van der Waals surface area contributed by atoms with Gasteiger partial charge in [0.1, 0.15) is 0 Å².